The second-order valence-corrected chi connectivity index (χ2v) is 4.99. The lowest BCUT2D eigenvalue weighted by Gasteiger charge is -2.00. The van der Waals surface area contributed by atoms with Crippen molar-refractivity contribution >= 4 is 34.6 Å². The highest BCUT2D eigenvalue weighted by atomic mass is 35.5. The van der Waals surface area contributed by atoms with Gasteiger partial charge in [-0.05, 0) is 18.2 Å². The van der Waals surface area contributed by atoms with E-state index < -0.39 is 5.82 Å². The van der Waals surface area contributed by atoms with Crippen LogP contribution in [0.5, 0.6) is 0 Å². The minimum absolute atomic E-state index is 0.128. The van der Waals surface area contributed by atoms with Gasteiger partial charge in [-0.3, -0.25) is 4.79 Å². The number of aromatic amines is 1. The zero-order valence-electron chi connectivity index (χ0n) is 11.3. The minimum atomic E-state index is -0.502. The lowest BCUT2D eigenvalue weighted by atomic mass is 10.2. The number of aromatic nitrogens is 1. The molecule has 2 N–H and O–H groups in total. The van der Waals surface area contributed by atoms with E-state index >= 15 is 0 Å². The molecule has 6 heteroatoms. The summed E-state index contributed by atoms with van der Waals surface area (Å²) in [7, 11) is 0. The van der Waals surface area contributed by atoms with E-state index in [1.807, 2.05) is 24.3 Å². The monoisotopic (exact) mass is 315 g/mol. The number of H-pyrrole nitrogens is 1. The van der Waals surface area contributed by atoms with Crippen LogP contribution in [0.3, 0.4) is 0 Å². The Morgan fingerprint density at radius 1 is 1.23 bits per heavy atom. The molecule has 0 atom stereocenters. The Hall–Kier alpha value is -2.66. The van der Waals surface area contributed by atoms with Gasteiger partial charge in [0.15, 0.2) is 0 Å². The first-order valence-corrected chi connectivity index (χ1v) is 6.88. The molecule has 0 radical (unpaired) electrons. The third kappa shape index (κ3) is 2.71. The van der Waals surface area contributed by atoms with E-state index in [0.717, 1.165) is 10.9 Å². The topological polar surface area (TPSA) is 57.2 Å². The van der Waals surface area contributed by atoms with Crippen molar-refractivity contribution < 1.29 is 9.18 Å². The van der Waals surface area contributed by atoms with Gasteiger partial charge in [0.2, 0.25) is 0 Å². The van der Waals surface area contributed by atoms with Gasteiger partial charge in [-0.15, -0.1) is 0 Å². The number of hydrogen-bond donors (Lipinski definition) is 2. The Bertz CT molecular complexity index is 852. The van der Waals surface area contributed by atoms with Gasteiger partial charge in [-0.25, -0.2) is 9.82 Å². The van der Waals surface area contributed by atoms with Crippen LogP contribution in [0.4, 0.5) is 4.39 Å². The predicted octanol–water partition coefficient (Wildman–Crippen LogP) is 3.72. The molecule has 0 bridgehead atoms. The highest BCUT2D eigenvalue weighted by Crippen LogP contribution is 2.18. The predicted molar refractivity (Wildman–Crippen MR) is 84.8 cm³/mol. The first-order chi connectivity index (χ1) is 10.7. The number of rotatable bonds is 3. The van der Waals surface area contributed by atoms with Crippen LogP contribution in [0, 0.1) is 5.82 Å². The van der Waals surface area contributed by atoms with Gasteiger partial charge in [-0.2, -0.15) is 5.10 Å². The fourth-order valence-corrected chi connectivity index (χ4v) is 2.32. The van der Waals surface area contributed by atoms with Gasteiger partial charge < -0.3 is 4.98 Å². The number of amides is 1. The molecule has 3 aromatic rings. The largest absolute Gasteiger partial charge is 0.360 e. The van der Waals surface area contributed by atoms with Crippen molar-refractivity contribution in [3.05, 3.63) is 70.6 Å². The second kappa shape index (κ2) is 5.99. The highest BCUT2D eigenvalue weighted by molar-refractivity contribution is 6.33. The molecule has 0 aliphatic heterocycles. The Balaban J connectivity index is 1.79. The molecule has 22 heavy (non-hydrogen) atoms. The van der Waals surface area contributed by atoms with E-state index in [1.54, 1.807) is 12.3 Å². The van der Waals surface area contributed by atoms with Gasteiger partial charge in [0, 0.05) is 22.7 Å². The average Bonchev–Trinajstić information content (AvgIpc) is 2.94. The molecular weight excluding hydrogens is 305 g/mol. The highest BCUT2D eigenvalue weighted by Gasteiger charge is 2.10. The van der Waals surface area contributed by atoms with Crippen molar-refractivity contribution in [2.24, 2.45) is 5.10 Å². The molecule has 0 spiro atoms. The second-order valence-electron chi connectivity index (χ2n) is 4.58. The maximum absolute atomic E-state index is 13.6. The van der Waals surface area contributed by atoms with Crippen molar-refractivity contribution in [1.29, 1.82) is 0 Å². The number of fused-ring (bicyclic) bond motifs is 1. The zero-order chi connectivity index (χ0) is 15.5. The summed E-state index contributed by atoms with van der Waals surface area (Å²) in [6.07, 6.45) is 2.79. The molecular formula is C16H11ClFN3O. The normalized spacial score (nSPS) is 11.2. The molecule has 110 valence electrons. The molecule has 3 rings (SSSR count). The molecule has 4 nitrogen and oxygen atoms in total. The molecule has 2 aromatic carbocycles. The van der Waals surface area contributed by atoms with Gasteiger partial charge in [0.25, 0.3) is 5.91 Å². The number of nitrogens with zero attached hydrogens (tertiary/aromatic N) is 1. The van der Waals surface area contributed by atoms with Gasteiger partial charge in [-0.1, -0.05) is 35.9 Å². The molecule has 1 amide bonds. The van der Waals surface area contributed by atoms with Crippen molar-refractivity contribution in [2.45, 2.75) is 0 Å². The van der Waals surface area contributed by atoms with Crippen molar-refractivity contribution in [1.82, 2.24) is 10.4 Å². The molecule has 1 heterocycles. The third-order valence-corrected chi connectivity index (χ3v) is 3.52. The summed E-state index contributed by atoms with van der Waals surface area (Å²) in [5, 5.41) is 4.78. The first-order valence-electron chi connectivity index (χ1n) is 6.50. The number of hydrazone groups is 1. The van der Waals surface area contributed by atoms with Crippen LogP contribution in [0.25, 0.3) is 10.9 Å². The van der Waals surface area contributed by atoms with Gasteiger partial charge in [0.1, 0.15) is 5.82 Å². The van der Waals surface area contributed by atoms with Crippen molar-refractivity contribution in [3.8, 4) is 0 Å². The van der Waals surface area contributed by atoms with Crippen LogP contribution >= 0.6 is 11.6 Å². The lowest BCUT2D eigenvalue weighted by molar-refractivity contribution is 0.0957. The molecule has 0 saturated heterocycles. The number of para-hydroxylation sites is 1. The smallest absolute Gasteiger partial charge is 0.273 e. The summed E-state index contributed by atoms with van der Waals surface area (Å²) in [5.74, 6) is -0.890. The quantitative estimate of drug-likeness (QED) is 0.561. The fraction of sp³-hybridized carbons (Fsp3) is 0. The van der Waals surface area contributed by atoms with Crippen LogP contribution in [-0.2, 0) is 0 Å². The van der Waals surface area contributed by atoms with E-state index in [4.69, 9.17) is 11.6 Å². The maximum Gasteiger partial charge on any atom is 0.273 e. The molecule has 0 saturated carbocycles. The van der Waals surface area contributed by atoms with Crippen molar-refractivity contribution in [3.63, 3.8) is 0 Å². The minimum Gasteiger partial charge on any atom is -0.360 e. The molecule has 0 unspecified atom stereocenters. The first kappa shape index (κ1) is 14.3. The summed E-state index contributed by atoms with van der Waals surface area (Å²) >= 11 is 5.87. The molecule has 0 aliphatic carbocycles. The molecule has 0 aliphatic rings. The maximum atomic E-state index is 13.6. The summed E-state index contributed by atoms with van der Waals surface area (Å²) in [6.45, 7) is 0. The summed E-state index contributed by atoms with van der Waals surface area (Å²) in [4.78, 5) is 15.1. The van der Waals surface area contributed by atoms with E-state index in [9.17, 15) is 9.18 Å². The standard InChI is InChI=1S/C16H11ClFN3O/c17-13-5-3-6-14(18)12(13)9-20-21-16(22)11-8-19-15-7-2-1-4-10(11)15/h1-9,19H,(H,21,22). The lowest BCUT2D eigenvalue weighted by Crippen LogP contribution is -2.17. The van der Waals surface area contributed by atoms with E-state index in [0.29, 0.717) is 5.56 Å². The Morgan fingerprint density at radius 3 is 2.86 bits per heavy atom. The number of benzene rings is 2. The van der Waals surface area contributed by atoms with Crippen molar-refractivity contribution in [2.75, 3.05) is 0 Å². The summed E-state index contributed by atoms with van der Waals surface area (Å²) in [5.41, 5.74) is 3.81. The van der Waals surface area contributed by atoms with Crippen LogP contribution in [0.1, 0.15) is 15.9 Å². The Kier molecular flexibility index (Phi) is 3.89. The number of hydrogen-bond acceptors (Lipinski definition) is 2. The van der Waals surface area contributed by atoms with E-state index in [2.05, 4.69) is 15.5 Å². The summed E-state index contributed by atoms with van der Waals surface area (Å²) < 4.78 is 13.6. The SMILES string of the molecule is O=C(NN=Cc1c(F)cccc1Cl)c1c[nH]c2ccccc12. The summed E-state index contributed by atoms with van der Waals surface area (Å²) in [6, 6.07) is 11.7. The van der Waals surface area contributed by atoms with E-state index in [-0.39, 0.29) is 16.5 Å². The van der Waals surface area contributed by atoms with Gasteiger partial charge >= 0.3 is 0 Å². The number of nitrogens with one attached hydrogen (secondary N) is 2. The fourth-order valence-electron chi connectivity index (χ4n) is 2.11. The van der Waals surface area contributed by atoms with Crippen LogP contribution in [0.15, 0.2) is 53.8 Å². The number of carbonyl (C=O) groups excluding carboxylic acids is 1. The van der Waals surface area contributed by atoms with E-state index in [1.165, 1.54) is 18.3 Å². The van der Waals surface area contributed by atoms with Gasteiger partial charge in [0.05, 0.1) is 16.8 Å². The van der Waals surface area contributed by atoms with Crippen LogP contribution < -0.4 is 5.43 Å². The Morgan fingerprint density at radius 2 is 2.05 bits per heavy atom. The number of halogens is 2. The number of carbonyl (C=O) groups is 1. The average molecular weight is 316 g/mol. The van der Waals surface area contributed by atoms with Crippen LogP contribution in [0.2, 0.25) is 5.02 Å². The molecule has 0 fully saturated rings. The van der Waals surface area contributed by atoms with Crippen LogP contribution in [-0.4, -0.2) is 17.1 Å². The third-order valence-electron chi connectivity index (χ3n) is 3.19. The molecule has 1 aromatic heterocycles. The zero-order valence-corrected chi connectivity index (χ0v) is 12.1. The Labute approximate surface area is 130 Å².